The molecule has 0 aliphatic rings. The summed E-state index contributed by atoms with van der Waals surface area (Å²) in [6, 6.07) is 0. The van der Waals surface area contributed by atoms with Crippen LogP contribution in [0.5, 0.6) is 0 Å². The van der Waals surface area contributed by atoms with Crippen molar-refractivity contribution in [2.75, 3.05) is 5.75 Å². The van der Waals surface area contributed by atoms with E-state index in [2.05, 4.69) is 4.72 Å². The highest BCUT2D eigenvalue weighted by molar-refractivity contribution is 9.09. The van der Waals surface area contributed by atoms with Crippen LogP contribution in [0, 0.1) is 0 Å². The molecular weight excluding hydrogens is 178 g/mol. The molecule has 0 aromatic carbocycles. The summed E-state index contributed by atoms with van der Waals surface area (Å²) >= 11 is 0. The van der Waals surface area contributed by atoms with E-state index in [4.69, 9.17) is 5.11 Å². The van der Waals surface area contributed by atoms with Crippen LogP contribution in [-0.2, 0) is 0 Å². The predicted molar refractivity (Wildman–Crippen MR) is 44.5 cm³/mol. The van der Waals surface area contributed by atoms with E-state index in [0.717, 1.165) is 16.7 Å². The fraction of sp³-hybridized carbons (Fsp3) is 0.667. The molecule has 0 spiro atoms. The summed E-state index contributed by atoms with van der Waals surface area (Å²) in [5.74, 6) is 0.985. The van der Waals surface area contributed by atoms with E-state index in [9.17, 15) is 4.79 Å². The number of hydrogen-bond donors (Lipinski definition) is 2. The summed E-state index contributed by atoms with van der Waals surface area (Å²) in [5.41, 5.74) is 0. The average Bonchev–Trinajstić information content (AvgIpc) is 1.80. The molecule has 54 valence electrons. The number of carboxylic acid groups (broad SMARTS) is 1. The van der Waals surface area contributed by atoms with Gasteiger partial charge in [0.2, 0.25) is 0 Å². The molecule has 0 heterocycles. The van der Waals surface area contributed by atoms with Crippen molar-refractivity contribution in [1.29, 1.82) is 0 Å². The molecule has 0 aromatic rings. The third-order valence-corrected chi connectivity index (χ3v) is 3.92. The molecule has 1 amide bonds. The van der Waals surface area contributed by atoms with Crippen molar-refractivity contribution in [2.45, 2.75) is 6.92 Å². The Balaban J connectivity index is 2.83. The summed E-state index contributed by atoms with van der Waals surface area (Å²) in [5, 5.41) is 8.06. The number of hydrogen-bond acceptors (Lipinski definition) is 4. The fourth-order valence-electron chi connectivity index (χ4n) is 0.125. The lowest BCUT2D eigenvalue weighted by atomic mass is 11.0. The Hall–Kier alpha value is 0.320. The summed E-state index contributed by atoms with van der Waals surface area (Å²) in [6.45, 7) is 2.01. The van der Waals surface area contributed by atoms with Crippen molar-refractivity contribution >= 4 is 37.7 Å². The summed E-state index contributed by atoms with van der Waals surface area (Å²) < 4.78 is 2.16. The van der Waals surface area contributed by atoms with Crippen molar-refractivity contribution in [2.24, 2.45) is 0 Å². The first-order valence-corrected chi connectivity index (χ1v) is 5.86. The van der Waals surface area contributed by atoms with Gasteiger partial charge < -0.3 is 5.11 Å². The standard InChI is InChI=1S/C3H7NO2S3/c1-2-7-9-8-4-3(5)6/h4H,2H2,1H3,(H,5,6). The Bertz CT molecular complexity index is 89.1. The maximum absolute atomic E-state index is 9.81. The molecule has 0 radical (unpaired) electrons. The van der Waals surface area contributed by atoms with E-state index in [1.807, 2.05) is 6.92 Å². The molecule has 0 unspecified atom stereocenters. The first kappa shape index (κ1) is 9.32. The maximum atomic E-state index is 9.81. The molecule has 0 saturated carbocycles. The predicted octanol–water partition coefficient (Wildman–Crippen LogP) is 2.22. The first-order chi connectivity index (χ1) is 4.27. The molecule has 0 aromatic heterocycles. The molecule has 0 aliphatic carbocycles. The molecule has 6 heteroatoms. The number of amides is 1. The smallest absolute Gasteiger partial charge is 0.415 e. The molecule has 0 atom stereocenters. The van der Waals surface area contributed by atoms with Crippen LogP contribution >= 0.6 is 31.6 Å². The van der Waals surface area contributed by atoms with Crippen LogP contribution in [0.25, 0.3) is 0 Å². The van der Waals surface area contributed by atoms with E-state index in [0.29, 0.717) is 0 Å². The number of nitrogens with one attached hydrogen (secondary N) is 1. The fourth-order valence-corrected chi connectivity index (χ4v) is 2.73. The molecule has 2 N–H and O–H groups in total. The lowest BCUT2D eigenvalue weighted by Gasteiger charge is -1.94. The minimum absolute atomic E-state index is 0.985. The van der Waals surface area contributed by atoms with Crippen molar-refractivity contribution < 1.29 is 9.90 Å². The Morgan fingerprint density at radius 2 is 2.44 bits per heavy atom. The lowest BCUT2D eigenvalue weighted by Crippen LogP contribution is -2.09. The van der Waals surface area contributed by atoms with E-state index < -0.39 is 6.09 Å². The Morgan fingerprint density at radius 3 is 2.89 bits per heavy atom. The van der Waals surface area contributed by atoms with Gasteiger partial charge in [-0.15, -0.1) is 0 Å². The molecule has 0 bridgehead atoms. The molecule has 0 rings (SSSR count). The third-order valence-electron chi connectivity index (χ3n) is 0.329. The van der Waals surface area contributed by atoms with Gasteiger partial charge in [0.25, 0.3) is 0 Å². The zero-order valence-electron chi connectivity index (χ0n) is 4.79. The Labute approximate surface area is 65.3 Å². The molecule has 0 aliphatic heterocycles. The van der Waals surface area contributed by atoms with E-state index in [-0.39, 0.29) is 0 Å². The molecular formula is C3H7NO2S3. The highest BCUT2D eigenvalue weighted by Crippen LogP contribution is 2.31. The summed E-state index contributed by atoms with van der Waals surface area (Å²) in [7, 11) is 4.14. The van der Waals surface area contributed by atoms with Crippen LogP contribution in [0.1, 0.15) is 6.92 Å². The minimum Gasteiger partial charge on any atom is -0.464 e. The summed E-state index contributed by atoms with van der Waals surface area (Å²) in [6.07, 6.45) is -0.996. The highest BCUT2D eigenvalue weighted by Gasteiger charge is 1.92. The second-order valence-electron chi connectivity index (χ2n) is 0.965. The van der Waals surface area contributed by atoms with Gasteiger partial charge in [-0.1, -0.05) is 17.7 Å². The van der Waals surface area contributed by atoms with Crippen molar-refractivity contribution in [3.8, 4) is 0 Å². The van der Waals surface area contributed by atoms with Crippen molar-refractivity contribution in [1.82, 2.24) is 4.72 Å². The topological polar surface area (TPSA) is 49.3 Å². The number of rotatable bonds is 4. The molecule has 0 fully saturated rings. The number of carbonyl (C=O) groups is 1. The van der Waals surface area contributed by atoms with Crippen LogP contribution in [0.4, 0.5) is 4.79 Å². The largest absolute Gasteiger partial charge is 0.464 e. The average molecular weight is 185 g/mol. The van der Waals surface area contributed by atoms with E-state index in [1.165, 1.54) is 9.83 Å². The highest BCUT2D eigenvalue weighted by atomic mass is 33.5. The Morgan fingerprint density at radius 1 is 1.78 bits per heavy atom. The van der Waals surface area contributed by atoms with Gasteiger partial charge in [-0.3, -0.25) is 4.72 Å². The molecule has 3 nitrogen and oxygen atoms in total. The van der Waals surface area contributed by atoms with Crippen LogP contribution in [0.15, 0.2) is 0 Å². The second-order valence-corrected chi connectivity index (χ2v) is 5.13. The summed E-state index contributed by atoms with van der Waals surface area (Å²) in [4.78, 5) is 9.81. The van der Waals surface area contributed by atoms with Crippen molar-refractivity contribution in [3.63, 3.8) is 0 Å². The van der Waals surface area contributed by atoms with Crippen LogP contribution < -0.4 is 4.72 Å². The molecule has 9 heavy (non-hydrogen) atoms. The maximum Gasteiger partial charge on any atom is 0.415 e. The lowest BCUT2D eigenvalue weighted by molar-refractivity contribution is 0.202. The minimum atomic E-state index is -0.996. The van der Waals surface area contributed by atoms with Gasteiger partial charge in [-0.2, -0.15) is 0 Å². The van der Waals surface area contributed by atoms with E-state index >= 15 is 0 Å². The van der Waals surface area contributed by atoms with Crippen LogP contribution in [0.2, 0.25) is 0 Å². The van der Waals surface area contributed by atoms with Gasteiger partial charge in [0.1, 0.15) is 0 Å². The van der Waals surface area contributed by atoms with Gasteiger partial charge in [-0.25, -0.2) is 4.79 Å². The monoisotopic (exact) mass is 185 g/mol. The first-order valence-electron chi connectivity index (χ1n) is 2.21. The van der Waals surface area contributed by atoms with Crippen LogP contribution in [-0.4, -0.2) is 17.0 Å². The van der Waals surface area contributed by atoms with Gasteiger partial charge in [0.05, 0.1) is 0 Å². The van der Waals surface area contributed by atoms with Crippen molar-refractivity contribution in [3.05, 3.63) is 0 Å². The third kappa shape index (κ3) is 8.32. The zero-order chi connectivity index (χ0) is 7.11. The van der Waals surface area contributed by atoms with E-state index in [1.54, 1.807) is 10.8 Å². The van der Waals surface area contributed by atoms with Crippen LogP contribution in [0.3, 0.4) is 0 Å². The van der Waals surface area contributed by atoms with Gasteiger partial charge in [-0.05, 0) is 9.83 Å². The second kappa shape index (κ2) is 6.44. The normalized spacial score (nSPS) is 9.00. The SMILES string of the molecule is CCSSSNC(=O)O. The van der Waals surface area contributed by atoms with Gasteiger partial charge in [0.15, 0.2) is 0 Å². The Kier molecular flexibility index (Phi) is 6.67. The zero-order valence-corrected chi connectivity index (χ0v) is 7.24. The van der Waals surface area contributed by atoms with Gasteiger partial charge >= 0.3 is 6.09 Å². The molecule has 0 saturated heterocycles. The van der Waals surface area contributed by atoms with Gasteiger partial charge in [0, 0.05) is 16.7 Å². The quantitative estimate of drug-likeness (QED) is 0.399.